The van der Waals surface area contributed by atoms with E-state index in [9.17, 15) is 0 Å². The van der Waals surface area contributed by atoms with E-state index in [2.05, 4.69) is 28.7 Å². The maximum atomic E-state index is 5.49. The summed E-state index contributed by atoms with van der Waals surface area (Å²) in [7, 11) is 0. The number of nitrogens with zero attached hydrogens (tertiary/aromatic N) is 3. The smallest absolute Gasteiger partial charge is 0.316 e. The fourth-order valence-electron chi connectivity index (χ4n) is 1.79. The number of hydrogen-bond donors (Lipinski definition) is 0. The average Bonchev–Trinajstić information content (AvgIpc) is 2.59. The Bertz CT molecular complexity index is 377. The standard InChI is InChI=1S/C12H19N3O/c1-8(2)15-6-10-5-13-12(16-9(3)4)14-11(10)7-15/h5,8-9H,6-7H2,1-4H3. The van der Waals surface area contributed by atoms with Gasteiger partial charge in [0.25, 0.3) is 0 Å². The molecule has 0 amide bonds. The van der Waals surface area contributed by atoms with Crippen molar-refractivity contribution in [3.63, 3.8) is 0 Å². The molecule has 2 rings (SSSR count). The van der Waals surface area contributed by atoms with Gasteiger partial charge in [0.15, 0.2) is 0 Å². The quantitative estimate of drug-likeness (QED) is 0.782. The summed E-state index contributed by atoms with van der Waals surface area (Å²) in [6.45, 7) is 10.2. The minimum absolute atomic E-state index is 0.126. The van der Waals surface area contributed by atoms with Crippen molar-refractivity contribution < 1.29 is 4.74 Å². The first-order valence-corrected chi connectivity index (χ1v) is 5.81. The number of ether oxygens (including phenoxy) is 1. The maximum absolute atomic E-state index is 5.49. The van der Waals surface area contributed by atoms with E-state index in [-0.39, 0.29) is 6.10 Å². The minimum atomic E-state index is 0.126. The summed E-state index contributed by atoms with van der Waals surface area (Å²) >= 11 is 0. The Labute approximate surface area is 96.7 Å². The third kappa shape index (κ3) is 2.32. The normalized spacial score (nSPS) is 15.9. The fraction of sp³-hybridized carbons (Fsp3) is 0.667. The van der Waals surface area contributed by atoms with E-state index < -0.39 is 0 Å². The van der Waals surface area contributed by atoms with Crippen LogP contribution in [0.2, 0.25) is 0 Å². The second-order valence-corrected chi connectivity index (χ2v) is 4.79. The molecular weight excluding hydrogens is 202 g/mol. The van der Waals surface area contributed by atoms with Gasteiger partial charge in [-0.25, -0.2) is 4.98 Å². The summed E-state index contributed by atoms with van der Waals surface area (Å²) in [5.74, 6) is 0. The van der Waals surface area contributed by atoms with Crippen molar-refractivity contribution >= 4 is 0 Å². The summed E-state index contributed by atoms with van der Waals surface area (Å²) in [4.78, 5) is 11.0. The molecule has 0 saturated carbocycles. The van der Waals surface area contributed by atoms with Crippen LogP contribution < -0.4 is 4.74 Å². The Morgan fingerprint density at radius 3 is 2.62 bits per heavy atom. The van der Waals surface area contributed by atoms with Gasteiger partial charge in [0.05, 0.1) is 11.8 Å². The van der Waals surface area contributed by atoms with Gasteiger partial charge in [0, 0.05) is 30.9 Å². The summed E-state index contributed by atoms with van der Waals surface area (Å²) in [5, 5.41) is 0. The van der Waals surface area contributed by atoms with Crippen LogP contribution in [0.4, 0.5) is 0 Å². The van der Waals surface area contributed by atoms with Crippen LogP contribution in [0.25, 0.3) is 0 Å². The highest BCUT2D eigenvalue weighted by Gasteiger charge is 2.23. The van der Waals surface area contributed by atoms with Gasteiger partial charge in [0.2, 0.25) is 0 Å². The molecule has 0 bridgehead atoms. The molecule has 1 aliphatic rings. The highest BCUT2D eigenvalue weighted by Crippen LogP contribution is 2.23. The highest BCUT2D eigenvalue weighted by molar-refractivity contribution is 5.23. The lowest BCUT2D eigenvalue weighted by atomic mass is 10.3. The van der Waals surface area contributed by atoms with E-state index in [0.717, 1.165) is 18.8 Å². The Hall–Kier alpha value is -1.16. The molecule has 1 aromatic rings. The van der Waals surface area contributed by atoms with Gasteiger partial charge in [-0.15, -0.1) is 0 Å². The van der Waals surface area contributed by atoms with Crippen molar-refractivity contribution in [1.82, 2.24) is 14.9 Å². The van der Waals surface area contributed by atoms with E-state index in [4.69, 9.17) is 4.74 Å². The third-order valence-electron chi connectivity index (χ3n) is 2.73. The molecule has 88 valence electrons. The lowest BCUT2D eigenvalue weighted by Gasteiger charge is -2.18. The van der Waals surface area contributed by atoms with Crippen LogP contribution in [-0.4, -0.2) is 27.0 Å². The molecule has 0 aliphatic carbocycles. The van der Waals surface area contributed by atoms with Crippen LogP contribution in [0, 0.1) is 0 Å². The number of hydrogen-bond acceptors (Lipinski definition) is 4. The molecule has 0 saturated heterocycles. The lowest BCUT2D eigenvalue weighted by molar-refractivity contribution is 0.217. The number of rotatable bonds is 3. The zero-order chi connectivity index (χ0) is 11.7. The molecule has 4 nitrogen and oxygen atoms in total. The first kappa shape index (κ1) is 11.3. The van der Waals surface area contributed by atoms with Crippen LogP contribution in [0.15, 0.2) is 6.20 Å². The molecule has 0 aromatic carbocycles. The average molecular weight is 221 g/mol. The van der Waals surface area contributed by atoms with E-state index in [1.165, 1.54) is 5.56 Å². The van der Waals surface area contributed by atoms with E-state index in [1.54, 1.807) is 0 Å². The molecule has 4 heteroatoms. The number of aromatic nitrogens is 2. The molecule has 0 N–H and O–H groups in total. The number of fused-ring (bicyclic) bond motifs is 1. The molecule has 1 aliphatic heterocycles. The molecule has 0 unspecified atom stereocenters. The Morgan fingerprint density at radius 1 is 1.25 bits per heavy atom. The maximum Gasteiger partial charge on any atom is 0.316 e. The Kier molecular flexibility index (Phi) is 3.10. The van der Waals surface area contributed by atoms with Crippen molar-refractivity contribution in [3.05, 3.63) is 17.5 Å². The third-order valence-corrected chi connectivity index (χ3v) is 2.73. The lowest BCUT2D eigenvalue weighted by Crippen LogP contribution is -2.24. The predicted molar refractivity (Wildman–Crippen MR) is 62.2 cm³/mol. The molecule has 2 heterocycles. The van der Waals surface area contributed by atoms with Crippen molar-refractivity contribution in [1.29, 1.82) is 0 Å². The monoisotopic (exact) mass is 221 g/mol. The van der Waals surface area contributed by atoms with Gasteiger partial charge in [-0.3, -0.25) is 4.90 Å². The van der Waals surface area contributed by atoms with Gasteiger partial charge in [0.1, 0.15) is 0 Å². The fourth-order valence-corrected chi connectivity index (χ4v) is 1.79. The first-order valence-electron chi connectivity index (χ1n) is 5.81. The molecule has 1 aromatic heterocycles. The van der Waals surface area contributed by atoms with Crippen LogP contribution in [0.3, 0.4) is 0 Å². The SMILES string of the molecule is CC(C)Oc1ncc2c(n1)CN(C(C)C)C2. The molecule has 0 radical (unpaired) electrons. The minimum Gasteiger partial charge on any atom is -0.461 e. The molecule has 0 spiro atoms. The van der Waals surface area contributed by atoms with Crippen LogP contribution in [-0.2, 0) is 13.1 Å². The molecule has 0 fully saturated rings. The Balaban J connectivity index is 2.14. The second kappa shape index (κ2) is 4.37. The largest absolute Gasteiger partial charge is 0.461 e. The summed E-state index contributed by atoms with van der Waals surface area (Å²) < 4.78 is 5.49. The van der Waals surface area contributed by atoms with Crippen molar-refractivity contribution in [2.75, 3.05) is 0 Å². The topological polar surface area (TPSA) is 38.3 Å². The van der Waals surface area contributed by atoms with Gasteiger partial charge in [-0.2, -0.15) is 4.98 Å². The molecular formula is C12H19N3O. The van der Waals surface area contributed by atoms with Crippen LogP contribution in [0.1, 0.15) is 39.0 Å². The molecule has 0 atom stereocenters. The van der Waals surface area contributed by atoms with Gasteiger partial charge in [-0.05, 0) is 27.7 Å². The van der Waals surface area contributed by atoms with Crippen molar-refractivity contribution in [3.8, 4) is 6.01 Å². The zero-order valence-corrected chi connectivity index (χ0v) is 10.4. The van der Waals surface area contributed by atoms with Gasteiger partial charge < -0.3 is 4.74 Å². The Morgan fingerprint density at radius 2 is 2.00 bits per heavy atom. The summed E-state index contributed by atoms with van der Waals surface area (Å²) in [5.41, 5.74) is 2.34. The zero-order valence-electron chi connectivity index (χ0n) is 10.4. The summed E-state index contributed by atoms with van der Waals surface area (Å²) in [6.07, 6.45) is 2.02. The molecule has 16 heavy (non-hydrogen) atoms. The predicted octanol–water partition coefficient (Wildman–Crippen LogP) is 1.99. The van der Waals surface area contributed by atoms with Crippen LogP contribution in [0.5, 0.6) is 6.01 Å². The highest BCUT2D eigenvalue weighted by atomic mass is 16.5. The van der Waals surface area contributed by atoms with Crippen LogP contribution >= 0.6 is 0 Å². The summed E-state index contributed by atoms with van der Waals surface area (Å²) in [6, 6.07) is 1.04. The van der Waals surface area contributed by atoms with E-state index in [1.807, 2.05) is 20.0 Å². The van der Waals surface area contributed by atoms with E-state index in [0.29, 0.717) is 12.1 Å². The first-order chi connectivity index (χ1) is 7.56. The van der Waals surface area contributed by atoms with Crippen molar-refractivity contribution in [2.24, 2.45) is 0 Å². The van der Waals surface area contributed by atoms with E-state index >= 15 is 0 Å². The van der Waals surface area contributed by atoms with Gasteiger partial charge in [-0.1, -0.05) is 0 Å². The van der Waals surface area contributed by atoms with Gasteiger partial charge >= 0.3 is 6.01 Å². The second-order valence-electron chi connectivity index (χ2n) is 4.79. The van der Waals surface area contributed by atoms with Crippen molar-refractivity contribution in [2.45, 2.75) is 52.9 Å².